The average Bonchev–Trinajstić information content (AvgIpc) is 3.76. The molecule has 6 rings (SSSR count). The van der Waals surface area contributed by atoms with E-state index in [2.05, 4.69) is 58.6 Å². The first kappa shape index (κ1) is 36.6. The van der Waals surface area contributed by atoms with Crippen LogP contribution in [-0.2, 0) is 38.7 Å². The molecule has 2 N–H and O–H groups in total. The lowest BCUT2D eigenvalue weighted by molar-refractivity contribution is -0.0982. The van der Waals surface area contributed by atoms with Crippen molar-refractivity contribution < 1.29 is 24.1 Å². The second-order valence-electron chi connectivity index (χ2n) is 13.1. The SMILES string of the molecule is CCCCCC(CCCCO)OC[C@H]1O[C@@H](n2cnc3c(NCc4ccccc4)ncnc32)[C@H](OCc2ccccc2)[C@@H]1OCc1ccccc1. The Bertz CT molecular complexity index is 1700. The Morgan fingerprint density at radius 2 is 1.39 bits per heavy atom. The van der Waals surface area contributed by atoms with Crippen molar-refractivity contribution in [3.63, 3.8) is 0 Å². The van der Waals surface area contributed by atoms with Gasteiger partial charge in [-0.25, -0.2) is 15.0 Å². The van der Waals surface area contributed by atoms with Crippen LogP contribution in [0, 0.1) is 0 Å². The van der Waals surface area contributed by atoms with Crippen molar-refractivity contribution in [2.75, 3.05) is 18.5 Å². The van der Waals surface area contributed by atoms with Gasteiger partial charge in [0.05, 0.1) is 32.3 Å². The monoisotopic (exact) mass is 693 g/mol. The molecule has 51 heavy (non-hydrogen) atoms. The van der Waals surface area contributed by atoms with Crippen LogP contribution >= 0.6 is 0 Å². The van der Waals surface area contributed by atoms with Gasteiger partial charge in [-0.1, -0.05) is 117 Å². The first-order chi connectivity index (χ1) is 25.2. The second kappa shape index (κ2) is 19.4. The van der Waals surface area contributed by atoms with Gasteiger partial charge in [-0.2, -0.15) is 0 Å². The van der Waals surface area contributed by atoms with Crippen molar-refractivity contribution in [1.29, 1.82) is 0 Å². The van der Waals surface area contributed by atoms with Gasteiger partial charge in [0.1, 0.15) is 24.6 Å². The fourth-order valence-corrected chi connectivity index (χ4v) is 6.58. The molecule has 0 spiro atoms. The van der Waals surface area contributed by atoms with E-state index in [1.54, 1.807) is 12.7 Å². The molecule has 0 aliphatic carbocycles. The molecule has 0 bridgehead atoms. The molecule has 3 aromatic carbocycles. The summed E-state index contributed by atoms with van der Waals surface area (Å²) in [6.45, 7) is 4.15. The number of aromatic nitrogens is 4. The second-order valence-corrected chi connectivity index (χ2v) is 13.1. The van der Waals surface area contributed by atoms with Crippen molar-refractivity contribution in [1.82, 2.24) is 19.5 Å². The van der Waals surface area contributed by atoms with Crippen LogP contribution in [0.25, 0.3) is 11.2 Å². The summed E-state index contributed by atoms with van der Waals surface area (Å²) in [5, 5.41) is 12.9. The summed E-state index contributed by atoms with van der Waals surface area (Å²) in [7, 11) is 0. The highest BCUT2D eigenvalue weighted by molar-refractivity contribution is 5.82. The number of fused-ring (bicyclic) bond motifs is 1. The van der Waals surface area contributed by atoms with Crippen LogP contribution in [0.15, 0.2) is 104 Å². The minimum Gasteiger partial charge on any atom is -0.396 e. The predicted molar refractivity (Wildman–Crippen MR) is 198 cm³/mol. The Kier molecular flexibility index (Phi) is 13.9. The molecule has 3 heterocycles. The molecule has 10 heteroatoms. The molecule has 1 aliphatic heterocycles. The fourth-order valence-electron chi connectivity index (χ4n) is 6.58. The third kappa shape index (κ3) is 10.2. The van der Waals surface area contributed by atoms with Gasteiger partial charge in [0.2, 0.25) is 0 Å². The van der Waals surface area contributed by atoms with Gasteiger partial charge in [0.25, 0.3) is 0 Å². The van der Waals surface area contributed by atoms with E-state index in [1.807, 2.05) is 59.2 Å². The molecule has 1 unspecified atom stereocenters. The van der Waals surface area contributed by atoms with Crippen LogP contribution in [0.3, 0.4) is 0 Å². The number of anilines is 1. The number of rotatable bonds is 21. The summed E-state index contributed by atoms with van der Waals surface area (Å²) >= 11 is 0. The molecule has 2 aromatic heterocycles. The lowest BCUT2D eigenvalue weighted by atomic mass is 10.0. The molecule has 5 atom stereocenters. The Morgan fingerprint density at radius 3 is 2.04 bits per heavy atom. The summed E-state index contributed by atoms with van der Waals surface area (Å²) in [6, 6.07) is 30.5. The molecular formula is C41H51N5O5. The number of hydrogen-bond acceptors (Lipinski definition) is 9. The number of nitrogens with zero attached hydrogens (tertiary/aromatic N) is 4. The standard InChI is InChI=1S/C41H51N5O5/c1-2-3-7-22-34(23-14-15-24-47)48-28-35-37(49-26-32-18-10-5-11-19-32)38(50-27-33-20-12-6-13-21-33)41(51-35)46-30-45-36-39(43-29-44-40(36)46)42-25-31-16-8-4-9-17-31/h4-6,8-13,16-21,29-30,34-35,37-38,41,47H,2-3,7,14-15,22-28H2,1H3,(H,42,43,44)/t34?,35-,37-,38-,41-/m1/s1. The first-order valence-electron chi connectivity index (χ1n) is 18.4. The minimum atomic E-state index is -0.585. The van der Waals surface area contributed by atoms with Crippen LogP contribution in [-0.4, -0.2) is 62.3 Å². The highest BCUT2D eigenvalue weighted by Gasteiger charge is 2.48. The zero-order chi connectivity index (χ0) is 35.1. The summed E-state index contributed by atoms with van der Waals surface area (Å²) in [5.41, 5.74) is 4.56. The highest BCUT2D eigenvalue weighted by atomic mass is 16.6. The maximum absolute atomic E-state index is 9.43. The maximum Gasteiger partial charge on any atom is 0.167 e. The molecule has 0 radical (unpaired) electrons. The average molecular weight is 694 g/mol. The van der Waals surface area contributed by atoms with Crippen LogP contribution in [0.5, 0.6) is 0 Å². The number of hydrogen-bond donors (Lipinski definition) is 2. The number of unbranched alkanes of at least 4 members (excludes halogenated alkanes) is 3. The minimum absolute atomic E-state index is 0.0734. The highest BCUT2D eigenvalue weighted by Crippen LogP contribution is 2.37. The summed E-state index contributed by atoms with van der Waals surface area (Å²) in [5.74, 6) is 0.650. The summed E-state index contributed by atoms with van der Waals surface area (Å²) in [6.07, 6.45) is 8.42. The Hall–Kier alpha value is -4.19. The van der Waals surface area contributed by atoms with Gasteiger partial charge in [0.15, 0.2) is 23.2 Å². The van der Waals surface area contributed by atoms with Gasteiger partial charge in [0, 0.05) is 13.2 Å². The Balaban J connectivity index is 1.28. The maximum atomic E-state index is 9.43. The van der Waals surface area contributed by atoms with Gasteiger partial charge >= 0.3 is 0 Å². The summed E-state index contributed by atoms with van der Waals surface area (Å²) in [4.78, 5) is 14.0. The lowest BCUT2D eigenvalue weighted by Crippen LogP contribution is -2.39. The molecule has 0 saturated carbocycles. The van der Waals surface area contributed by atoms with Crippen molar-refractivity contribution in [2.45, 2.75) is 102 Å². The number of aliphatic hydroxyl groups is 1. The molecule has 5 aromatic rings. The predicted octanol–water partition coefficient (Wildman–Crippen LogP) is 7.63. The molecule has 270 valence electrons. The topological polar surface area (TPSA) is 113 Å². The number of imidazole rings is 1. The van der Waals surface area contributed by atoms with E-state index < -0.39 is 24.5 Å². The van der Waals surface area contributed by atoms with Crippen LogP contribution in [0.4, 0.5) is 5.82 Å². The molecule has 1 aliphatic rings. The molecular weight excluding hydrogens is 642 g/mol. The Morgan fingerprint density at radius 1 is 0.765 bits per heavy atom. The van der Waals surface area contributed by atoms with E-state index >= 15 is 0 Å². The van der Waals surface area contributed by atoms with E-state index in [4.69, 9.17) is 23.9 Å². The van der Waals surface area contributed by atoms with Crippen molar-refractivity contribution >= 4 is 17.0 Å². The van der Waals surface area contributed by atoms with Crippen LogP contribution < -0.4 is 5.32 Å². The normalized spacial score (nSPS) is 19.4. The van der Waals surface area contributed by atoms with Gasteiger partial charge in [-0.3, -0.25) is 4.57 Å². The van der Waals surface area contributed by atoms with Crippen LogP contribution in [0.2, 0.25) is 0 Å². The number of aliphatic hydroxyl groups excluding tert-OH is 1. The zero-order valence-corrected chi connectivity index (χ0v) is 29.6. The van der Waals surface area contributed by atoms with Crippen molar-refractivity contribution in [3.05, 3.63) is 120 Å². The fraction of sp³-hybridized carbons (Fsp3) is 0.439. The molecule has 10 nitrogen and oxygen atoms in total. The van der Waals surface area contributed by atoms with E-state index in [9.17, 15) is 5.11 Å². The van der Waals surface area contributed by atoms with Gasteiger partial charge in [-0.15, -0.1) is 0 Å². The number of nitrogens with one attached hydrogen (secondary N) is 1. The van der Waals surface area contributed by atoms with E-state index in [0.29, 0.717) is 43.3 Å². The quantitative estimate of drug-likeness (QED) is 0.0749. The third-order valence-electron chi connectivity index (χ3n) is 9.35. The Labute approximate surface area is 301 Å². The zero-order valence-electron chi connectivity index (χ0n) is 29.6. The first-order valence-corrected chi connectivity index (χ1v) is 18.4. The van der Waals surface area contributed by atoms with Crippen LogP contribution in [0.1, 0.15) is 74.8 Å². The van der Waals surface area contributed by atoms with E-state index in [-0.39, 0.29) is 12.7 Å². The van der Waals surface area contributed by atoms with Gasteiger partial charge < -0.3 is 29.4 Å². The smallest absolute Gasteiger partial charge is 0.167 e. The number of benzene rings is 3. The molecule has 1 saturated heterocycles. The van der Waals surface area contributed by atoms with E-state index in [0.717, 1.165) is 61.6 Å². The summed E-state index contributed by atoms with van der Waals surface area (Å²) < 4.78 is 29.0. The number of ether oxygens (including phenoxy) is 4. The molecule has 0 amide bonds. The van der Waals surface area contributed by atoms with Gasteiger partial charge in [-0.05, 0) is 42.4 Å². The molecule has 1 fully saturated rings. The third-order valence-corrected chi connectivity index (χ3v) is 9.35. The van der Waals surface area contributed by atoms with Crippen molar-refractivity contribution in [2.24, 2.45) is 0 Å². The van der Waals surface area contributed by atoms with Crippen molar-refractivity contribution in [3.8, 4) is 0 Å². The largest absolute Gasteiger partial charge is 0.396 e. The van der Waals surface area contributed by atoms with E-state index in [1.165, 1.54) is 0 Å². The lowest BCUT2D eigenvalue weighted by Gasteiger charge is -2.26.